The molecule has 2 aromatic rings. The number of aromatic nitrogens is 2. The lowest BCUT2D eigenvalue weighted by atomic mass is 10.2. The molecule has 2 heterocycles. The topological polar surface area (TPSA) is 80.4 Å². The van der Waals surface area contributed by atoms with Gasteiger partial charge in [0, 0.05) is 12.6 Å². The molecule has 6 nitrogen and oxygen atoms in total. The summed E-state index contributed by atoms with van der Waals surface area (Å²) in [6.45, 7) is 0.615. The van der Waals surface area contributed by atoms with E-state index in [2.05, 4.69) is 15.5 Å². The molecule has 0 radical (unpaired) electrons. The van der Waals surface area contributed by atoms with Crippen molar-refractivity contribution >= 4 is 0 Å². The maximum Gasteiger partial charge on any atom is 0.244 e. The number of nitrogens with one attached hydrogen (secondary N) is 1. The Bertz CT molecular complexity index is 590. The molecule has 0 saturated carbocycles. The third-order valence-electron chi connectivity index (χ3n) is 3.05. The molecule has 1 aliphatic heterocycles. The Kier molecular flexibility index (Phi) is 3.62. The number of nitrogens with zero attached hydrogens (tertiary/aromatic N) is 2. The van der Waals surface area contributed by atoms with Crippen LogP contribution in [0.5, 0.6) is 5.75 Å². The molecular weight excluding hydrogens is 265 g/mol. The van der Waals surface area contributed by atoms with Crippen LogP contribution < -0.4 is 10.1 Å². The molecule has 0 bridgehead atoms. The van der Waals surface area contributed by atoms with E-state index >= 15 is 0 Å². The van der Waals surface area contributed by atoms with Gasteiger partial charge >= 0.3 is 0 Å². The first-order valence-corrected chi connectivity index (χ1v) is 6.33. The van der Waals surface area contributed by atoms with E-state index in [1.165, 1.54) is 12.1 Å². The minimum atomic E-state index is -0.390. The summed E-state index contributed by atoms with van der Waals surface area (Å²) in [5, 5.41) is 16.3. The average molecular weight is 279 g/mol. The van der Waals surface area contributed by atoms with Gasteiger partial charge < -0.3 is 19.7 Å². The lowest BCUT2D eigenvalue weighted by molar-refractivity contribution is 0.191. The Labute approximate surface area is 114 Å². The van der Waals surface area contributed by atoms with Crippen LogP contribution in [0.4, 0.5) is 4.39 Å². The molecule has 20 heavy (non-hydrogen) atoms. The summed E-state index contributed by atoms with van der Waals surface area (Å²) < 4.78 is 23.5. The summed E-state index contributed by atoms with van der Waals surface area (Å²) in [6.07, 6.45) is 0.158. The Morgan fingerprint density at radius 2 is 2.40 bits per heavy atom. The smallest absolute Gasteiger partial charge is 0.244 e. The lowest BCUT2D eigenvalue weighted by Gasteiger charge is -2.03. The normalized spacial score (nSPS) is 22.1. The predicted molar refractivity (Wildman–Crippen MR) is 66.4 cm³/mol. The molecule has 3 rings (SSSR count). The van der Waals surface area contributed by atoms with Gasteiger partial charge in [0.1, 0.15) is 11.6 Å². The third-order valence-corrected chi connectivity index (χ3v) is 3.05. The number of halogens is 1. The van der Waals surface area contributed by atoms with Crippen molar-refractivity contribution in [2.45, 2.75) is 25.2 Å². The number of hydrogen-bond donors (Lipinski definition) is 2. The van der Waals surface area contributed by atoms with Gasteiger partial charge in [-0.05, 0) is 18.6 Å². The van der Waals surface area contributed by atoms with Crippen LogP contribution in [-0.4, -0.2) is 27.9 Å². The van der Waals surface area contributed by atoms with Gasteiger partial charge in [-0.1, -0.05) is 11.2 Å². The lowest BCUT2D eigenvalue weighted by Crippen LogP contribution is -2.15. The fourth-order valence-corrected chi connectivity index (χ4v) is 2.08. The molecule has 2 atom stereocenters. The molecule has 106 valence electrons. The van der Waals surface area contributed by atoms with Gasteiger partial charge in [0.2, 0.25) is 11.7 Å². The zero-order chi connectivity index (χ0) is 13.9. The minimum absolute atomic E-state index is 0.0994. The van der Waals surface area contributed by atoms with Crippen LogP contribution in [0.3, 0.4) is 0 Å². The summed E-state index contributed by atoms with van der Waals surface area (Å²) in [6, 6.07) is 5.72. The zero-order valence-electron chi connectivity index (χ0n) is 10.6. The first-order valence-electron chi connectivity index (χ1n) is 6.33. The number of rotatable bonds is 4. The quantitative estimate of drug-likeness (QED) is 0.875. The number of hydrogen-bond acceptors (Lipinski definition) is 6. The molecule has 1 fully saturated rings. The highest BCUT2D eigenvalue weighted by molar-refractivity contribution is 5.22. The molecule has 2 N–H and O–H groups in total. The second-order valence-electron chi connectivity index (χ2n) is 4.65. The Hall–Kier alpha value is -1.99. The molecule has 0 aliphatic carbocycles. The van der Waals surface area contributed by atoms with Crippen molar-refractivity contribution in [2.75, 3.05) is 6.54 Å². The van der Waals surface area contributed by atoms with Gasteiger partial charge in [-0.3, -0.25) is 0 Å². The highest BCUT2D eigenvalue weighted by Gasteiger charge is 2.28. The molecule has 0 unspecified atom stereocenters. The second-order valence-corrected chi connectivity index (χ2v) is 4.65. The SMILES string of the molecule is O[C@@H]1CN[C@@H](c2nc(COc3cccc(F)c3)no2)C1. The van der Waals surface area contributed by atoms with E-state index in [-0.39, 0.29) is 24.6 Å². The van der Waals surface area contributed by atoms with Crippen molar-refractivity contribution in [2.24, 2.45) is 0 Å². The fourth-order valence-electron chi connectivity index (χ4n) is 2.08. The number of benzene rings is 1. The minimum Gasteiger partial charge on any atom is -0.485 e. The van der Waals surface area contributed by atoms with Gasteiger partial charge in [0.25, 0.3) is 0 Å². The standard InChI is InChI=1S/C13H14FN3O3/c14-8-2-1-3-10(4-8)19-7-12-16-13(20-17-12)11-5-9(18)6-15-11/h1-4,9,11,15,18H,5-7H2/t9-,11+/m0/s1. The van der Waals surface area contributed by atoms with Gasteiger partial charge in [0.05, 0.1) is 12.1 Å². The monoisotopic (exact) mass is 279 g/mol. The number of aliphatic hydroxyl groups is 1. The van der Waals surface area contributed by atoms with E-state index in [9.17, 15) is 9.50 Å². The van der Waals surface area contributed by atoms with Gasteiger partial charge in [-0.25, -0.2) is 4.39 Å². The zero-order valence-corrected chi connectivity index (χ0v) is 10.6. The van der Waals surface area contributed by atoms with E-state index in [4.69, 9.17) is 9.26 Å². The highest BCUT2D eigenvalue weighted by atomic mass is 19.1. The van der Waals surface area contributed by atoms with Gasteiger partial charge in [0.15, 0.2) is 6.61 Å². The van der Waals surface area contributed by atoms with Crippen molar-refractivity contribution in [3.63, 3.8) is 0 Å². The van der Waals surface area contributed by atoms with Crippen molar-refractivity contribution in [1.82, 2.24) is 15.5 Å². The number of β-amino-alcohol motifs (C(OH)–C–C–N with tert-alkyl or cyclic N) is 1. The van der Waals surface area contributed by atoms with Crippen molar-refractivity contribution in [1.29, 1.82) is 0 Å². The first kappa shape index (κ1) is 13.0. The van der Waals surface area contributed by atoms with Crippen LogP contribution in [0.1, 0.15) is 24.2 Å². The van der Waals surface area contributed by atoms with Crippen LogP contribution in [0.2, 0.25) is 0 Å². The van der Waals surface area contributed by atoms with Crippen molar-refractivity contribution in [3.05, 3.63) is 41.8 Å². The fraction of sp³-hybridized carbons (Fsp3) is 0.385. The largest absolute Gasteiger partial charge is 0.485 e. The van der Waals surface area contributed by atoms with E-state index in [0.717, 1.165) is 0 Å². The van der Waals surface area contributed by atoms with E-state index in [1.54, 1.807) is 12.1 Å². The van der Waals surface area contributed by atoms with Crippen molar-refractivity contribution < 1.29 is 18.8 Å². The molecule has 0 amide bonds. The van der Waals surface area contributed by atoms with Crippen molar-refractivity contribution in [3.8, 4) is 5.75 Å². The van der Waals surface area contributed by atoms with Gasteiger partial charge in [-0.15, -0.1) is 0 Å². The maximum absolute atomic E-state index is 13.0. The van der Waals surface area contributed by atoms with Crippen LogP contribution >= 0.6 is 0 Å². The predicted octanol–water partition coefficient (Wildman–Crippen LogP) is 1.18. The van der Waals surface area contributed by atoms with E-state index in [0.29, 0.717) is 30.4 Å². The maximum atomic E-state index is 13.0. The summed E-state index contributed by atoms with van der Waals surface area (Å²) in [5.41, 5.74) is 0. The van der Waals surface area contributed by atoms with E-state index < -0.39 is 0 Å². The molecule has 1 aromatic heterocycles. The Morgan fingerprint density at radius 3 is 3.15 bits per heavy atom. The van der Waals surface area contributed by atoms with Crippen LogP contribution in [0, 0.1) is 5.82 Å². The molecular formula is C13H14FN3O3. The first-order chi connectivity index (χ1) is 9.70. The summed E-state index contributed by atoms with van der Waals surface area (Å²) in [4.78, 5) is 4.19. The van der Waals surface area contributed by atoms with Crippen LogP contribution in [0.25, 0.3) is 0 Å². The summed E-state index contributed by atoms with van der Waals surface area (Å²) in [5.74, 6) is 0.859. The van der Waals surface area contributed by atoms with E-state index in [1.807, 2.05) is 0 Å². The molecule has 1 saturated heterocycles. The molecule has 1 aliphatic rings. The summed E-state index contributed by atoms with van der Waals surface area (Å²) >= 11 is 0. The highest BCUT2D eigenvalue weighted by Crippen LogP contribution is 2.22. The Morgan fingerprint density at radius 1 is 1.50 bits per heavy atom. The molecule has 7 heteroatoms. The average Bonchev–Trinajstić information content (AvgIpc) is 3.05. The van der Waals surface area contributed by atoms with Crippen LogP contribution in [-0.2, 0) is 6.61 Å². The second kappa shape index (κ2) is 5.56. The third kappa shape index (κ3) is 2.94. The number of ether oxygens (including phenoxy) is 1. The number of aliphatic hydroxyl groups excluding tert-OH is 1. The molecule has 1 aromatic carbocycles. The molecule has 0 spiro atoms. The van der Waals surface area contributed by atoms with Gasteiger partial charge in [-0.2, -0.15) is 4.98 Å². The summed E-state index contributed by atoms with van der Waals surface area (Å²) in [7, 11) is 0. The van der Waals surface area contributed by atoms with Crippen LogP contribution in [0.15, 0.2) is 28.8 Å². The Balaban J connectivity index is 1.60.